The van der Waals surface area contributed by atoms with Gasteiger partial charge in [0.15, 0.2) is 11.5 Å². The van der Waals surface area contributed by atoms with Crippen LogP contribution < -0.4 is 5.32 Å². The van der Waals surface area contributed by atoms with Gasteiger partial charge < -0.3 is 9.73 Å². The average molecular weight is 242 g/mol. The number of aromatic amines is 1. The average Bonchev–Trinajstić information content (AvgIpc) is 2.89. The first-order valence-electron chi connectivity index (χ1n) is 5.79. The fraction of sp³-hybridized carbons (Fsp3) is 0.231. The van der Waals surface area contributed by atoms with Crippen molar-refractivity contribution in [3.63, 3.8) is 0 Å². The molecule has 5 nitrogen and oxygen atoms in total. The molecule has 0 aliphatic heterocycles. The molecule has 2 heterocycles. The number of nitrogens with zero attached hydrogens (tertiary/aromatic N) is 2. The minimum Gasteiger partial charge on any atom is -0.441 e. The van der Waals surface area contributed by atoms with Crippen molar-refractivity contribution in [3.8, 4) is 11.3 Å². The van der Waals surface area contributed by atoms with Crippen molar-refractivity contribution in [1.29, 1.82) is 0 Å². The Bertz CT molecular complexity index is 711. The summed E-state index contributed by atoms with van der Waals surface area (Å²) in [6, 6.07) is 5.90. The second kappa shape index (κ2) is 3.87. The van der Waals surface area contributed by atoms with E-state index in [1.807, 2.05) is 39.1 Å². The molecule has 0 aliphatic carbocycles. The number of H-pyrrole nitrogens is 1. The van der Waals surface area contributed by atoms with Gasteiger partial charge in [0.25, 0.3) is 0 Å². The van der Waals surface area contributed by atoms with Crippen LogP contribution in [0.3, 0.4) is 0 Å². The Kier molecular flexibility index (Phi) is 2.33. The lowest BCUT2D eigenvalue weighted by Gasteiger charge is -2.02. The highest BCUT2D eigenvalue weighted by Crippen LogP contribution is 2.30. The Hall–Kier alpha value is -2.30. The van der Waals surface area contributed by atoms with Crippen LogP contribution in [-0.2, 0) is 0 Å². The maximum absolute atomic E-state index is 5.47. The van der Waals surface area contributed by atoms with E-state index >= 15 is 0 Å². The number of aromatic nitrogens is 3. The van der Waals surface area contributed by atoms with E-state index in [0.717, 1.165) is 33.7 Å². The van der Waals surface area contributed by atoms with E-state index in [2.05, 4.69) is 20.5 Å². The molecule has 0 unspecified atom stereocenters. The molecule has 0 radical (unpaired) electrons. The van der Waals surface area contributed by atoms with Crippen molar-refractivity contribution in [2.75, 3.05) is 12.4 Å². The second-order valence-corrected chi connectivity index (χ2v) is 4.24. The SMILES string of the molecule is CNc1c(-c2ccc3oc(C)nc3c2)n[nH]c1C. The van der Waals surface area contributed by atoms with Crippen molar-refractivity contribution in [2.24, 2.45) is 0 Å². The molecular weight excluding hydrogens is 228 g/mol. The van der Waals surface area contributed by atoms with Crippen molar-refractivity contribution < 1.29 is 4.42 Å². The molecule has 0 spiro atoms. The Labute approximate surface area is 104 Å². The lowest BCUT2D eigenvalue weighted by atomic mass is 10.1. The number of hydrogen-bond acceptors (Lipinski definition) is 4. The molecule has 0 aliphatic rings. The second-order valence-electron chi connectivity index (χ2n) is 4.24. The van der Waals surface area contributed by atoms with Crippen molar-refractivity contribution in [2.45, 2.75) is 13.8 Å². The summed E-state index contributed by atoms with van der Waals surface area (Å²) in [5, 5.41) is 10.5. The number of hydrogen-bond donors (Lipinski definition) is 2. The van der Waals surface area contributed by atoms with Gasteiger partial charge in [-0.1, -0.05) is 0 Å². The lowest BCUT2D eigenvalue weighted by Crippen LogP contribution is -1.91. The number of oxazole rings is 1. The van der Waals surface area contributed by atoms with E-state index in [9.17, 15) is 0 Å². The number of anilines is 1. The van der Waals surface area contributed by atoms with Crippen LogP contribution in [0, 0.1) is 13.8 Å². The topological polar surface area (TPSA) is 66.7 Å². The Morgan fingerprint density at radius 2 is 2.11 bits per heavy atom. The van der Waals surface area contributed by atoms with Crippen LogP contribution >= 0.6 is 0 Å². The first-order valence-corrected chi connectivity index (χ1v) is 5.79. The minimum absolute atomic E-state index is 0.675. The van der Waals surface area contributed by atoms with Crippen molar-refractivity contribution >= 4 is 16.8 Å². The Morgan fingerprint density at radius 3 is 2.89 bits per heavy atom. The zero-order valence-electron chi connectivity index (χ0n) is 10.5. The molecule has 0 saturated carbocycles. The van der Waals surface area contributed by atoms with E-state index in [-0.39, 0.29) is 0 Å². The van der Waals surface area contributed by atoms with Gasteiger partial charge in [0.2, 0.25) is 0 Å². The van der Waals surface area contributed by atoms with Crippen molar-refractivity contribution in [3.05, 3.63) is 29.8 Å². The first-order chi connectivity index (χ1) is 8.69. The summed E-state index contributed by atoms with van der Waals surface area (Å²) in [6.45, 7) is 3.83. The number of aryl methyl sites for hydroxylation is 2. The summed E-state index contributed by atoms with van der Waals surface area (Å²) in [7, 11) is 1.89. The smallest absolute Gasteiger partial charge is 0.192 e. The molecule has 3 rings (SSSR count). The third-order valence-electron chi connectivity index (χ3n) is 2.97. The highest BCUT2D eigenvalue weighted by Gasteiger charge is 2.12. The molecule has 0 saturated heterocycles. The molecule has 0 atom stereocenters. The van der Waals surface area contributed by atoms with E-state index in [1.165, 1.54) is 0 Å². The number of fused-ring (bicyclic) bond motifs is 1. The molecule has 18 heavy (non-hydrogen) atoms. The molecule has 0 amide bonds. The highest BCUT2D eigenvalue weighted by atomic mass is 16.3. The Morgan fingerprint density at radius 1 is 1.28 bits per heavy atom. The monoisotopic (exact) mass is 242 g/mol. The zero-order chi connectivity index (χ0) is 12.7. The molecule has 5 heteroatoms. The van der Waals surface area contributed by atoms with Gasteiger partial charge >= 0.3 is 0 Å². The predicted molar refractivity (Wildman–Crippen MR) is 70.6 cm³/mol. The van der Waals surface area contributed by atoms with Gasteiger partial charge in [-0.3, -0.25) is 5.10 Å². The number of rotatable bonds is 2. The molecule has 0 fully saturated rings. The van der Waals surface area contributed by atoms with Gasteiger partial charge in [-0.05, 0) is 25.1 Å². The van der Waals surface area contributed by atoms with Crippen molar-refractivity contribution in [1.82, 2.24) is 15.2 Å². The normalized spacial score (nSPS) is 11.1. The van der Waals surface area contributed by atoms with Gasteiger partial charge in [0.05, 0.1) is 11.4 Å². The fourth-order valence-corrected chi connectivity index (χ4v) is 2.13. The van der Waals surface area contributed by atoms with Crippen LogP contribution in [0.2, 0.25) is 0 Å². The quantitative estimate of drug-likeness (QED) is 0.725. The first kappa shape index (κ1) is 10.8. The predicted octanol–water partition coefficient (Wildman–Crippen LogP) is 2.88. The van der Waals surface area contributed by atoms with Gasteiger partial charge in [-0.15, -0.1) is 0 Å². The maximum atomic E-state index is 5.47. The minimum atomic E-state index is 0.675. The van der Waals surface area contributed by atoms with Crippen LogP contribution in [0.5, 0.6) is 0 Å². The van der Waals surface area contributed by atoms with E-state index < -0.39 is 0 Å². The molecule has 2 aromatic heterocycles. The van der Waals surface area contributed by atoms with E-state index in [0.29, 0.717) is 5.89 Å². The highest BCUT2D eigenvalue weighted by molar-refractivity contribution is 5.84. The van der Waals surface area contributed by atoms with Gasteiger partial charge in [0.1, 0.15) is 11.2 Å². The maximum Gasteiger partial charge on any atom is 0.192 e. The van der Waals surface area contributed by atoms with Gasteiger partial charge in [-0.2, -0.15) is 5.10 Å². The molecule has 92 valence electrons. The summed E-state index contributed by atoms with van der Waals surface area (Å²) < 4.78 is 5.47. The summed E-state index contributed by atoms with van der Waals surface area (Å²) in [6.07, 6.45) is 0. The van der Waals surface area contributed by atoms with E-state index in [4.69, 9.17) is 4.42 Å². The number of nitrogens with one attached hydrogen (secondary N) is 2. The van der Waals surface area contributed by atoms with Crippen LogP contribution in [0.1, 0.15) is 11.6 Å². The molecule has 3 aromatic rings. The number of benzene rings is 1. The molecule has 0 bridgehead atoms. The van der Waals surface area contributed by atoms with Crippen LogP contribution in [0.25, 0.3) is 22.4 Å². The van der Waals surface area contributed by atoms with Crippen LogP contribution in [0.15, 0.2) is 22.6 Å². The summed E-state index contributed by atoms with van der Waals surface area (Å²) in [4.78, 5) is 4.34. The lowest BCUT2D eigenvalue weighted by molar-refractivity contribution is 0.561. The van der Waals surface area contributed by atoms with Gasteiger partial charge in [-0.25, -0.2) is 4.98 Å². The molecule has 2 N–H and O–H groups in total. The van der Waals surface area contributed by atoms with Crippen LogP contribution in [0.4, 0.5) is 5.69 Å². The van der Waals surface area contributed by atoms with E-state index in [1.54, 1.807) is 0 Å². The van der Waals surface area contributed by atoms with Gasteiger partial charge in [0, 0.05) is 19.5 Å². The Balaban J connectivity index is 2.18. The third kappa shape index (κ3) is 1.55. The fourth-order valence-electron chi connectivity index (χ4n) is 2.13. The summed E-state index contributed by atoms with van der Waals surface area (Å²) in [5.41, 5.74) is 5.60. The molecular formula is C13H14N4O. The standard InChI is InChI=1S/C13H14N4O/c1-7-12(14-3)13(17-16-7)9-4-5-11-10(6-9)15-8(2)18-11/h4-6,14H,1-3H3,(H,16,17). The van der Waals surface area contributed by atoms with Crippen LogP contribution in [-0.4, -0.2) is 22.2 Å². The molecule has 1 aromatic carbocycles. The zero-order valence-corrected chi connectivity index (χ0v) is 10.5. The largest absolute Gasteiger partial charge is 0.441 e. The summed E-state index contributed by atoms with van der Waals surface area (Å²) in [5.74, 6) is 0.675. The third-order valence-corrected chi connectivity index (χ3v) is 2.97. The summed E-state index contributed by atoms with van der Waals surface area (Å²) >= 11 is 0.